The van der Waals surface area contributed by atoms with Gasteiger partial charge in [0.05, 0.1) is 17.3 Å². The van der Waals surface area contributed by atoms with Gasteiger partial charge in [-0.25, -0.2) is 4.98 Å². The minimum Gasteiger partial charge on any atom is -0.381 e. The first-order valence-electron chi connectivity index (χ1n) is 13.6. The van der Waals surface area contributed by atoms with Crippen LogP contribution in [0, 0.1) is 11.8 Å². The highest BCUT2D eigenvalue weighted by Gasteiger charge is 2.40. The molecule has 38 heavy (non-hydrogen) atoms. The van der Waals surface area contributed by atoms with Gasteiger partial charge in [0.1, 0.15) is 11.0 Å². The van der Waals surface area contributed by atoms with Gasteiger partial charge in [-0.15, -0.1) is 11.3 Å². The number of pyridine rings is 1. The van der Waals surface area contributed by atoms with Gasteiger partial charge in [0, 0.05) is 55.1 Å². The number of nitrogens with one attached hydrogen (secondary N) is 1. The van der Waals surface area contributed by atoms with Gasteiger partial charge in [-0.05, 0) is 44.1 Å². The molecule has 2 aliphatic rings. The Labute approximate surface area is 227 Å². The van der Waals surface area contributed by atoms with E-state index >= 15 is 0 Å². The topological polar surface area (TPSA) is 93.5 Å². The summed E-state index contributed by atoms with van der Waals surface area (Å²) in [6.07, 6.45) is 3.96. The molecular formula is C29H36N4O4S. The molecule has 1 aromatic carbocycles. The quantitative estimate of drug-likeness (QED) is 0.487. The van der Waals surface area contributed by atoms with Crippen LogP contribution in [0.15, 0.2) is 40.5 Å². The number of hydrogen-bond acceptors (Lipinski definition) is 6. The van der Waals surface area contributed by atoms with Gasteiger partial charge in [-0.1, -0.05) is 32.0 Å². The van der Waals surface area contributed by atoms with Crippen molar-refractivity contribution in [3.05, 3.63) is 51.1 Å². The summed E-state index contributed by atoms with van der Waals surface area (Å²) in [5.74, 6) is -0.173. The third kappa shape index (κ3) is 5.14. The van der Waals surface area contributed by atoms with Crippen LogP contribution >= 0.6 is 11.3 Å². The Kier molecular flexibility index (Phi) is 7.95. The number of nitrogens with zero attached hydrogens (tertiary/aromatic N) is 3. The van der Waals surface area contributed by atoms with Crippen molar-refractivity contribution in [2.45, 2.75) is 58.0 Å². The van der Waals surface area contributed by atoms with E-state index in [1.54, 1.807) is 17.7 Å². The van der Waals surface area contributed by atoms with Crippen molar-refractivity contribution in [3.63, 3.8) is 0 Å². The van der Waals surface area contributed by atoms with Gasteiger partial charge in [-0.3, -0.25) is 14.4 Å². The molecular weight excluding hydrogens is 500 g/mol. The first kappa shape index (κ1) is 26.6. The SMILES string of the molecule is CC[C@@H](C)C(=O)N[C@H](C(=O)N1CCC[C@H]1c1nc(-c2cc(=O)n(C)c3ccccc23)cs1)C1CCOCC1. The Balaban J connectivity index is 1.43. The van der Waals surface area contributed by atoms with E-state index in [9.17, 15) is 14.4 Å². The third-order valence-corrected chi connectivity index (χ3v) is 9.08. The monoisotopic (exact) mass is 536 g/mol. The summed E-state index contributed by atoms with van der Waals surface area (Å²) in [6, 6.07) is 8.79. The Morgan fingerprint density at radius 3 is 2.74 bits per heavy atom. The lowest BCUT2D eigenvalue weighted by molar-refractivity contribution is -0.140. The maximum Gasteiger partial charge on any atom is 0.251 e. The summed E-state index contributed by atoms with van der Waals surface area (Å²) in [7, 11) is 1.78. The molecule has 3 aromatic rings. The van der Waals surface area contributed by atoms with Gasteiger partial charge in [-0.2, -0.15) is 0 Å². The Bertz CT molecular complexity index is 1380. The summed E-state index contributed by atoms with van der Waals surface area (Å²) in [5.41, 5.74) is 2.34. The standard InChI is InChI=1S/C29H36N4O4S/c1-4-18(2)27(35)31-26(19-11-14-37-15-12-19)29(36)33-13-7-10-24(33)28-30-22(17-38-28)21-16-25(34)32(3)23-9-6-5-8-20(21)23/h5-6,8-9,16-19,24,26H,4,7,10-15H2,1-3H3,(H,31,35)/t18-,24+,26+/m1/s1. The van der Waals surface area contributed by atoms with Crippen LogP contribution in [0.5, 0.6) is 0 Å². The molecule has 2 aromatic heterocycles. The second kappa shape index (κ2) is 11.4. The van der Waals surface area contributed by atoms with E-state index in [0.717, 1.165) is 59.3 Å². The number of benzene rings is 1. The molecule has 0 radical (unpaired) electrons. The Morgan fingerprint density at radius 1 is 1.21 bits per heavy atom. The summed E-state index contributed by atoms with van der Waals surface area (Å²) in [6.45, 7) is 5.75. The average Bonchev–Trinajstić information content (AvgIpc) is 3.63. The maximum atomic E-state index is 14.0. The van der Waals surface area contributed by atoms with E-state index in [4.69, 9.17) is 9.72 Å². The number of thiazole rings is 1. The normalized spacial score (nSPS) is 20.0. The van der Waals surface area contributed by atoms with Crippen molar-refractivity contribution >= 4 is 34.1 Å². The first-order chi connectivity index (χ1) is 18.4. The summed E-state index contributed by atoms with van der Waals surface area (Å²) in [4.78, 5) is 46.4. The van der Waals surface area contributed by atoms with Crippen LogP contribution in [0.1, 0.15) is 57.0 Å². The van der Waals surface area contributed by atoms with E-state index < -0.39 is 6.04 Å². The summed E-state index contributed by atoms with van der Waals surface area (Å²) in [5, 5.41) is 6.93. The Hall–Kier alpha value is -3.04. The average molecular weight is 537 g/mol. The molecule has 2 amide bonds. The molecule has 0 aliphatic carbocycles. The highest BCUT2D eigenvalue weighted by atomic mass is 32.1. The molecule has 2 aliphatic heterocycles. The molecule has 0 bridgehead atoms. The molecule has 0 saturated carbocycles. The number of aryl methyl sites for hydroxylation is 1. The summed E-state index contributed by atoms with van der Waals surface area (Å²) >= 11 is 1.53. The van der Waals surface area contributed by atoms with Crippen LogP contribution in [0.4, 0.5) is 0 Å². The second-order valence-corrected chi connectivity index (χ2v) is 11.4. The second-order valence-electron chi connectivity index (χ2n) is 10.5. The van der Waals surface area contributed by atoms with Crippen molar-refractivity contribution in [3.8, 4) is 11.3 Å². The van der Waals surface area contributed by atoms with E-state index in [1.807, 2.05) is 48.4 Å². The van der Waals surface area contributed by atoms with Crippen molar-refractivity contribution < 1.29 is 14.3 Å². The number of likely N-dealkylation sites (tertiary alicyclic amines) is 1. The van der Waals surface area contributed by atoms with Crippen LogP contribution in [0.2, 0.25) is 0 Å². The fraction of sp³-hybridized carbons (Fsp3) is 0.517. The van der Waals surface area contributed by atoms with Gasteiger partial charge in [0.25, 0.3) is 5.56 Å². The minimum absolute atomic E-state index is 0.0215. The maximum absolute atomic E-state index is 14.0. The van der Waals surface area contributed by atoms with Crippen LogP contribution < -0.4 is 10.9 Å². The highest BCUT2D eigenvalue weighted by Crippen LogP contribution is 2.38. The van der Waals surface area contributed by atoms with E-state index in [2.05, 4.69) is 5.32 Å². The molecule has 9 heteroatoms. The zero-order valence-corrected chi connectivity index (χ0v) is 23.1. The Morgan fingerprint density at radius 2 is 1.97 bits per heavy atom. The number of ether oxygens (including phenoxy) is 1. The largest absolute Gasteiger partial charge is 0.381 e. The van der Waals surface area contributed by atoms with Gasteiger partial charge in [0.15, 0.2) is 0 Å². The summed E-state index contributed by atoms with van der Waals surface area (Å²) < 4.78 is 7.19. The van der Waals surface area contributed by atoms with Crippen LogP contribution in [0.3, 0.4) is 0 Å². The number of para-hydroxylation sites is 1. The number of hydrogen-bond donors (Lipinski definition) is 1. The molecule has 5 rings (SSSR count). The number of carbonyl (C=O) groups is 2. The third-order valence-electron chi connectivity index (χ3n) is 8.13. The molecule has 4 heterocycles. The van der Waals surface area contributed by atoms with Crippen molar-refractivity contribution in [1.82, 2.24) is 19.8 Å². The number of aromatic nitrogens is 2. The molecule has 2 saturated heterocycles. The minimum atomic E-state index is -0.554. The predicted molar refractivity (Wildman–Crippen MR) is 149 cm³/mol. The van der Waals surface area contributed by atoms with Crippen LogP contribution in [-0.2, 0) is 21.4 Å². The number of amides is 2. The predicted octanol–water partition coefficient (Wildman–Crippen LogP) is 4.28. The number of carbonyl (C=O) groups excluding carboxylic acids is 2. The smallest absolute Gasteiger partial charge is 0.251 e. The highest BCUT2D eigenvalue weighted by molar-refractivity contribution is 7.10. The van der Waals surface area contributed by atoms with Gasteiger partial charge < -0.3 is 19.5 Å². The molecule has 2 fully saturated rings. The number of fused-ring (bicyclic) bond motifs is 1. The fourth-order valence-electron chi connectivity index (χ4n) is 5.56. The van der Waals surface area contributed by atoms with Crippen molar-refractivity contribution in [1.29, 1.82) is 0 Å². The van der Waals surface area contributed by atoms with Crippen molar-refractivity contribution in [2.24, 2.45) is 18.9 Å². The fourth-order valence-corrected chi connectivity index (χ4v) is 6.53. The van der Waals surface area contributed by atoms with Gasteiger partial charge >= 0.3 is 0 Å². The molecule has 0 spiro atoms. The zero-order valence-electron chi connectivity index (χ0n) is 22.3. The molecule has 1 N–H and O–H groups in total. The lowest BCUT2D eigenvalue weighted by atomic mass is 9.90. The number of rotatable bonds is 7. The lowest BCUT2D eigenvalue weighted by Gasteiger charge is -2.35. The van der Waals surface area contributed by atoms with Crippen LogP contribution in [-0.4, -0.2) is 52.1 Å². The van der Waals surface area contributed by atoms with Crippen molar-refractivity contribution in [2.75, 3.05) is 19.8 Å². The molecule has 0 unspecified atom stereocenters. The van der Waals surface area contributed by atoms with E-state index in [1.165, 1.54) is 11.3 Å². The first-order valence-corrected chi connectivity index (χ1v) is 14.5. The molecule has 8 nitrogen and oxygen atoms in total. The van der Waals surface area contributed by atoms with Gasteiger partial charge in [0.2, 0.25) is 11.8 Å². The zero-order chi connectivity index (χ0) is 26.8. The van der Waals surface area contributed by atoms with Crippen LogP contribution in [0.25, 0.3) is 22.2 Å². The molecule has 202 valence electrons. The van der Waals surface area contributed by atoms with E-state index in [0.29, 0.717) is 19.8 Å². The van der Waals surface area contributed by atoms with E-state index in [-0.39, 0.29) is 35.3 Å². The lowest BCUT2D eigenvalue weighted by Crippen LogP contribution is -2.54. The molecule has 3 atom stereocenters.